The van der Waals surface area contributed by atoms with E-state index in [9.17, 15) is 4.79 Å². The number of carbonyl (C=O) groups is 1. The molecule has 0 fully saturated rings. The highest BCUT2D eigenvalue weighted by Gasteiger charge is 2.33. The van der Waals surface area contributed by atoms with Crippen LogP contribution in [0.4, 0.5) is 4.79 Å². The van der Waals surface area contributed by atoms with E-state index in [1.165, 1.54) is 4.90 Å². The number of benzene rings is 1. The molecule has 5 heteroatoms. The van der Waals surface area contributed by atoms with Crippen LogP contribution in [0.25, 0.3) is 0 Å². The van der Waals surface area contributed by atoms with E-state index in [0.717, 1.165) is 5.56 Å². The number of nitrogens with two attached hydrogens (primary N) is 1. The number of nitriles is 1. The largest absolute Gasteiger partial charge is 0.385 e. The van der Waals surface area contributed by atoms with Crippen LogP contribution >= 0.6 is 0 Å². The first-order valence-corrected chi connectivity index (χ1v) is 5.43. The number of amidine groups is 1. The van der Waals surface area contributed by atoms with Crippen LogP contribution in [0.2, 0.25) is 0 Å². The molecule has 0 aliphatic carbocycles. The number of hydrogen-bond donors (Lipinski definition) is 1. The second-order valence-corrected chi connectivity index (χ2v) is 3.90. The molecule has 2 amide bonds. The predicted octanol–water partition coefficient (Wildman–Crippen LogP) is 1.58. The van der Waals surface area contributed by atoms with Crippen LogP contribution in [0.1, 0.15) is 17.2 Å². The van der Waals surface area contributed by atoms with E-state index in [-0.39, 0.29) is 11.9 Å². The van der Waals surface area contributed by atoms with E-state index in [1.54, 1.807) is 24.3 Å². The monoisotopic (exact) mass is 240 g/mol. The van der Waals surface area contributed by atoms with Gasteiger partial charge in [-0.25, -0.2) is 4.79 Å². The minimum absolute atomic E-state index is 0.247. The zero-order valence-corrected chi connectivity index (χ0v) is 9.71. The maximum Gasteiger partial charge on any atom is 0.346 e. The number of rotatable bonds is 3. The summed E-state index contributed by atoms with van der Waals surface area (Å²) in [7, 11) is 0. The predicted molar refractivity (Wildman–Crippen MR) is 67.8 cm³/mol. The molecule has 2 N–H and O–H groups in total. The van der Waals surface area contributed by atoms with Gasteiger partial charge in [-0.2, -0.15) is 10.3 Å². The van der Waals surface area contributed by atoms with Gasteiger partial charge in [-0.3, -0.25) is 0 Å². The third-order valence-corrected chi connectivity index (χ3v) is 2.72. The molecule has 18 heavy (non-hydrogen) atoms. The molecule has 2 rings (SSSR count). The Kier molecular flexibility index (Phi) is 3.11. The van der Waals surface area contributed by atoms with Crippen LogP contribution in [0.3, 0.4) is 0 Å². The first-order valence-electron chi connectivity index (χ1n) is 5.43. The van der Waals surface area contributed by atoms with Crippen molar-refractivity contribution in [2.75, 3.05) is 6.54 Å². The maximum absolute atomic E-state index is 11.7. The number of hydrogen-bond acceptors (Lipinski definition) is 3. The Morgan fingerprint density at radius 2 is 2.39 bits per heavy atom. The maximum atomic E-state index is 11.7. The summed E-state index contributed by atoms with van der Waals surface area (Å²) in [5.74, 6) is 0.247. The van der Waals surface area contributed by atoms with E-state index >= 15 is 0 Å². The fourth-order valence-electron chi connectivity index (χ4n) is 1.96. The summed E-state index contributed by atoms with van der Waals surface area (Å²) in [6, 6.07) is 8.26. The lowest BCUT2D eigenvalue weighted by molar-refractivity contribution is 0.213. The van der Waals surface area contributed by atoms with Crippen molar-refractivity contribution >= 4 is 11.9 Å². The van der Waals surface area contributed by atoms with Gasteiger partial charge in [0, 0.05) is 6.54 Å². The lowest BCUT2D eigenvalue weighted by Crippen LogP contribution is -2.33. The van der Waals surface area contributed by atoms with Gasteiger partial charge >= 0.3 is 6.03 Å². The summed E-state index contributed by atoms with van der Waals surface area (Å²) in [5, 5.41) is 8.88. The molecule has 0 saturated carbocycles. The van der Waals surface area contributed by atoms with E-state index in [1.807, 2.05) is 6.07 Å². The van der Waals surface area contributed by atoms with E-state index in [2.05, 4.69) is 17.6 Å². The van der Waals surface area contributed by atoms with Gasteiger partial charge in [0.2, 0.25) is 0 Å². The fraction of sp³-hybridized carbons (Fsp3) is 0.154. The van der Waals surface area contributed by atoms with Crippen molar-refractivity contribution in [2.45, 2.75) is 6.04 Å². The minimum atomic E-state index is -0.413. The van der Waals surface area contributed by atoms with Crippen LogP contribution in [-0.2, 0) is 0 Å². The Hall–Kier alpha value is -2.61. The molecular weight excluding hydrogens is 228 g/mol. The van der Waals surface area contributed by atoms with Gasteiger partial charge < -0.3 is 10.6 Å². The lowest BCUT2D eigenvalue weighted by Gasteiger charge is -2.23. The molecule has 5 nitrogen and oxygen atoms in total. The smallest absolute Gasteiger partial charge is 0.346 e. The second-order valence-electron chi connectivity index (χ2n) is 3.90. The quantitative estimate of drug-likeness (QED) is 0.814. The first kappa shape index (κ1) is 11.9. The molecule has 0 spiro atoms. The van der Waals surface area contributed by atoms with E-state index < -0.39 is 6.04 Å². The molecule has 0 saturated heterocycles. The molecule has 0 radical (unpaired) electrons. The molecule has 0 aromatic heterocycles. The van der Waals surface area contributed by atoms with Gasteiger partial charge in [-0.15, -0.1) is 6.58 Å². The van der Waals surface area contributed by atoms with Gasteiger partial charge in [-0.05, 0) is 17.7 Å². The fourth-order valence-corrected chi connectivity index (χ4v) is 1.96. The average molecular weight is 240 g/mol. The first-order chi connectivity index (χ1) is 8.67. The molecule has 1 aromatic carbocycles. The highest BCUT2D eigenvalue weighted by atomic mass is 16.2. The van der Waals surface area contributed by atoms with Gasteiger partial charge in [0.05, 0.1) is 11.6 Å². The minimum Gasteiger partial charge on any atom is -0.385 e. The SMILES string of the molecule is C=CCN1C(=O)N=C(N)C1c1cccc(C#N)c1. The summed E-state index contributed by atoms with van der Waals surface area (Å²) < 4.78 is 0. The lowest BCUT2D eigenvalue weighted by atomic mass is 10.0. The van der Waals surface area contributed by atoms with Gasteiger partial charge in [-0.1, -0.05) is 18.2 Å². The van der Waals surface area contributed by atoms with E-state index in [0.29, 0.717) is 12.1 Å². The molecular formula is C13H12N4O. The van der Waals surface area contributed by atoms with Crippen LogP contribution in [0.5, 0.6) is 0 Å². The molecule has 1 aliphatic heterocycles. The van der Waals surface area contributed by atoms with Crippen molar-refractivity contribution in [3.05, 3.63) is 48.0 Å². The van der Waals surface area contributed by atoms with Crippen LogP contribution in [0, 0.1) is 11.3 Å². The number of nitrogens with zero attached hydrogens (tertiary/aromatic N) is 3. The summed E-state index contributed by atoms with van der Waals surface area (Å²) in [6.45, 7) is 3.97. The summed E-state index contributed by atoms with van der Waals surface area (Å²) in [6.07, 6.45) is 1.62. The number of urea groups is 1. The summed E-state index contributed by atoms with van der Waals surface area (Å²) in [5.41, 5.74) is 7.09. The zero-order valence-electron chi connectivity index (χ0n) is 9.71. The van der Waals surface area contributed by atoms with Crippen molar-refractivity contribution in [2.24, 2.45) is 10.7 Å². The second kappa shape index (κ2) is 4.72. The third-order valence-electron chi connectivity index (χ3n) is 2.72. The van der Waals surface area contributed by atoms with Crippen molar-refractivity contribution in [1.29, 1.82) is 5.26 Å². The number of aliphatic imine (C=N–C) groups is 1. The van der Waals surface area contributed by atoms with Crippen molar-refractivity contribution in [3.8, 4) is 6.07 Å². The van der Waals surface area contributed by atoms with Crippen molar-refractivity contribution in [1.82, 2.24) is 4.90 Å². The summed E-state index contributed by atoms with van der Waals surface area (Å²) in [4.78, 5) is 16.9. The standard InChI is InChI=1S/C13H12N4O/c1-2-6-17-11(12(15)16-13(17)18)10-5-3-4-9(7-10)8-14/h2-5,7,11H,1,6H2,(H2,15,16,18). The third kappa shape index (κ3) is 1.96. The average Bonchev–Trinajstić information content (AvgIpc) is 2.65. The van der Waals surface area contributed by atoms with Gasteiger partial charge in [0.15, 0.2) is 0 Å². The molecule has 0 bridgehead atoms. The Labute approximate surface area is 105 Å². The van der Waals surface area contributed by atoms with Crippen LogP contribution in [-0.4, -0.2) is 23.3 Å². The molecule has 1 aliphatic rings. The number of carbonyl (C=O) groups excluding carboxylic acids is 1. The Balaban J connectivity index is 2.41. The topological polar surface area (TPSA) is 82.5 Å². The van der Waals surface area contributed by atoms with Crippen molar-refractivity contribution in [3.63, 3.8) is 0 Å². The zero-order chi connectivity index (χ0) is 13.1. The Morgan fingerprint density at radius 1 is 1.61 bits per heavy atom. The van der Waals surface area contributed by atoms with Crippen LogP contribution < -0.4 is 5.73 Å². The number of amides is 2. The highest BCUT2D eigenvalue weighted by Crippen LogP contribution is 2.27. The van der Waals surface area contributed by atoms with Crippen LogP contribution in [0.15, 0.2) is 41.9 Å². The van der Waals surface area contributed by atoms with Crippen molar-refractivity contribution < 1.29 is 4.79 Å². The summed E-state index contributed by atoms with van der Waals surface area (Å²) >= 11 is 0. The Morgan fingerprint density at radius 3 is 3.06 bits per heavy atom. The molecule has 1 atom stereocenters. The van der Waals surface area contributed by atoms with Gasteiger partial charge in [0.25, 0.3) is 0 Å². The molecule has 1 unspecified atom stereocenters. The highest BCUT2D eigenvalue weighted by molar-refractivity contribution is 6.03. The Bertz CT molecular complexity index is 571. The normalized spacial score (nSPS) is 18.4. The van der Waals surface area contributed by atoms with Gasteiger partial charge in [0.1, 0.15) is 11.9 Å². The molecule has 1 aromatic rings. The molecule has 1 heterocycles. The van der Waals surface area contributed by atoms with E-state index in [4.69, 9.17) is 11.0 Å². The molecule has 90 valence electrons.